The Balaban J connectivity index is 1.62. The summed E-state index contributed by atoms with van der Waals surface area (Å²) in [7, 11) is 0. The molecule has 0 saturated heterocycles. The summed E-state index contributed by atoms with van der Waals surface area (Å²) in [5.41, 5.74) is 2.14. The Morgan fingerprint density at radius 1 is 1.11 bits per heavy atom. The molecule has 0 fully saturated rings. The predicted molar refractivity (Wildman–Crippen MR) is 74.9 cm³/mol. The van der Waals surface area contributed by atoms with Gasteiger partial charge in [0.15, 0.2) is 0 Å². The van der Waals surface area contributed by atoms with Crippen molar-refractivity contribution >= 4 is 11.0 Å². The number of hydrogen-bond donors (Lipinski definition) is 1. The zero-order valence-electron chi connectivity index (χ0n) is 10.9. The first-order chi connectivity index (χ1) is 9.33. The number of para-hydroxylation sites is 1. The molecule has 98 valence electrons. The molecule has 3 heteroatoms. The van der Waals surface area contributed by atoms with E-state index >= 15 is 0 Å². The van der Waals surface area contributed by atoms with Crippen molar-refractivity contribution in [2.24, 2.45) is 0 Å². The van der Waals surface area contributed by atoms with E-state index in [1.165, 1.54) is 10.9 Å². The van der Waals surface area contributed by atoms with Gasteiger partial charge in [-0.05, 0) is 25.1 Å². The average molecular weight is 255 g/mol. The minimum Gasteiger partial charge on any atom is -0.469 e. The van der Waals surface area contributed by atoms with Crippen LogP contribution < -0.4 is 5.32 Å². The first kappa shape index (κ1) is 12.1. The highest BCUT2D eigenvalue weighted by Gasteiger charge is 2.08. The van der Waals surface area contributed by atoms with Crippen LogP contribution in [0.5, 0.6) is 0 Å². The Labute approximate surface area is 112 Å². The SMILES string of the molecule is CC(Cc1ccco1)NCc1coc2ccccc12. The maximum atomic E-state index is 5.53. The van der Waals surface area contributed by atoms with Gasteiger partial charge in [0.25, 0.3) is 0 Å². The third-order valence-electron chi connectivity index (χ3n) is 3.29. The fourth-order valence-electron chi connectivity index (χ4n) is 2.26. The number of nitrogens with one attached hydrogen (secondary N) is 1. The first-order valence-electron chi connectivity index (χ1n) is 6.54. The van der Waals surface area contributed by atoms with Crippen LogP contribution in [0, 0.1) is 0 Å². The summed E-state index contributed by atoms with van der Waals surface area (Å²) in [6.07, 6.45) is 4.44. The first-order valence-corrected chi connectivity index (χ1v) is 6.54. The smallest absolute Gasteiger partial charge is 0.134 e. The summed E-state index contributed by atoms with van der Waals surface area (Å²) in [6, 6.07) is 12.4. The molecule has 19 heavy (non-hydrogen) atoms. The van der Waals surface area contributed by atoms with Crippen LogP contribution in [0.3, 0.4) is 0 Å². The van der Waals surface area contributed by atoms with Crippen molar-refractivity contribution < 1.29 is 8.83 Å². The third-order valence-corrected chi connectivity index (χ3v) is 3.29. The maximum Gasteiger partial charge on any atom is 0.134 e. The Morgan fingerprint density at radius 2 is 2.00 bits per heavy atom. The summed E-state index contributed by atoms with van der Waals surface area (Å²) in [5.74, 6) is 1.01. The van der Waals surface area contributed by atoms with Gasteiger partial charge in [-0.1, -0.05) is 18.2 Å². The highest BCUT2D eigenvalue weighted by molar-refractivity contribution is 5.80. The lowest BCUT2D eigenvalue weighted by Crippen LogP contribution is -2.27. The molecule has 0 aliphatic heterocycles. The summed E-state index contributed by atoms with van der Waals surface area (Å²) < 4.78 is 10.9. The summed E-state index contributed by atoms with van der Waals surface area (Å²) >= 11 is 0. The minimum atomic E-state index is 0.361. The van der Waals surface area contributed by atoms with Crippen molar-refractivity contribution in [3.8, 4) is 0 Å². The van der Waals surface area contributed by atoms with Gasteiger partial charge < -0.3 is 14.2 Å². The van der Waals surface area contributed by atoms with Crippen LogP contribution in [0.4, 0.5) is 0 Å². The molecular weight excluding hydrogens is 238 g/mol. The molecule has 3 nitrogen and oxygen atoms in total. The molecule has 0 radical (unpaired) electrons. The van der Waals surface area contributed by atoms with E-state index in [4.69, 9.17) is 8.83 Å². The van der Waals surface area contributed by atoms with E-state index in [0.29, 0.717) is 6.04 Å². The van der Waals surface area contributed by atoms with Gasteiger partial charge in [0.2, 0.25) is 0 Å². The monoisotopic (exact) mass is 255 g/mol. The van der Waals surface area contributed by atoms with E-state index < -0.39 is 0 Å². The minimum absolute atomic E-state index is 0.361. The fraction of sp³-hybridized carbons (Fsp3) is 0.250. The van der Waals surface area contributed by atoms with Gasteiger partial charge in [0, 0.05) is 30.0 Å². The average Bonchev–Trinajstić information content (AvgIpc) is 3.05. The normalized spacial score (nSPS) is 12.9. The molecule has 2 aromatic heterocycles. The highest BCUT2D eigenvalue weighted by Crippen LogP contribution is 2.20. The Kier molecular flexibility index (Phi) is 3.38. The largest absolute Gasteiger partial charge is 0.469 e. The number of hydrogen-bond acceptors (Lipinski definition) is 3. The van der Waals surface area contributed by atoms with Gasteiger partial charge >= 0.3 is 0 Å². The van der Waals surface area contributed by atoms with Gasteiger partial charge in [0.05, 0.1) is 12.5 Å². The van der Waals surface area contributed by atoms with Crippen LogP contribution >= 0.6 is 0 Å². The topological polar surface area (TPSA) is 38.3 Å². The zero-order chi connectivity index (χ0) is 13.1. The molecule has 0 aliphatic rings. The van der Waals surface area contributed by atoms with Crippen molar-refractivity contribution in [3.63, 3.8) is 0 Å². The summed E-state index contributed by atoms with van der Waals surface area (Å²) in [6.45, 7) is 2.96. The summed E-state index contributed by atoms with van der Waals surface area (Å²) in [4.78, 5) is 0. The van der Waals surface area contributed by atoms with Gasteiger partial charge in [-0.3, -0.25) is 0 Å². The van der Waals surface area contributed by atoms with E-state index in [-0.39, 0.29) is 0 Å². The van der Waals surface area contributed by atoms with Crippen LogP contribution in [0.2, 0.25) is 0 Å². The predicted octanol–water partition coefficient (Wildman–Crippen LogP) is 3.75. The van der Waals surface area contributed by atoms with E-state index in [2.05, 4.69) is 18.3 Å². The second kappa shape index (κ2) is 5.33. The fourth-order valence-corrected chi connectivity index (χ4v) is 2.26. The molecule has 1 aromatic carbocycles. The van der Waals surface area contributed by atoms with Crippen molar-refractivity contribution in [2.45, 2.75) is 25.9 Å². The quantitative estimate of drug-likeness (QED) is 0.754. The van der Waals surface area contributed by atoms with E-state index in [1.54, 1.807) is 6.26 Å². The van der Waals surface area contributed by atoms with Crippen LogP contribution in [0.15, 0.2) is 57.8 Å². The molecule has 2 heterocycles. The molecule has 0 aliphatic carbocycles. The molecule has 3 aromatic rings. The Bertz CT molecular complexity index is 640. The number of furan rings is 2. The van der Waals surface area contributed by atoms with Gasteiger partial charge in [-0.15, -0.1) is 0 Å². The van der Waals surface area contributed by atoms with Crippen LogP contribution in [-0.2, 0) is 13.0 Å². The number of fused-ring (bicyclic) bond motifs is 1. The second-order valence-corrected chi connectivity index (χ2v) is 4.82. The van der Waals surface area contributed by atoms with E-state index in [9.17, 15) is 0 Å². The molecule has 0 spiro atoms. The molecule has 0 amide bonds. The van der Waals surface area contributed by atoms with Gasteiger partial charge in [-0.25, -0.2) is 0 Å². The second-order valence-electron chi connectivity index (χ2n) is 4.82. The molecule has 0 bridgehead atoms. The lowest BCUT2D eigenvalue weighted by atomic mass is 10.1. The van der Waals surface area contributed by atoms with E-state index in [1.807, 2.05) is 36.6 Å². The van der Waals surface area contributed by atoms with Crippen LogP contribution in [0.1, 0.15) is 18.2 Å². The standard InChI is InChI=1S/C16H17NO2/c1-12(9-14-5-4-8-18-14)17-10-13-11-19-16-7-3-2-6-15(13)16/h2-8,11-12,17H,9-10H2,1H3. The lowest BCUT2D eigenvalue weighted by Gasteiger charge is -2.11. The number of rotatable bonds is 5. The van der Waals surface area contributed by atoms with Crippen molar-refractivity contribution in [2.75, 3.05) is 0 Å². The van der Waals surface area contributed by atoms with Crippen LogP contribution in [0.25, 0.3) is 11.0 Å². The van der Waals surface area contributed by atoms with E-state index in [0.717, 1.165) is 24.3 Å². The van der Waals surface area contributed by atoms with Crippen molar-refractivity contribution in [1.29, 1.82) is 0 Å². The van der Waals surface area contributed by atoms with Gasteiger partial charge in [-0.2, -0.15) is 0 Å². The number of benzene rings is 1. The Morgan fingerprint density at radius 3 is 2.84 bits per heavy atom. The van der Waals surface area contributed by atoms with Crippen molar-refractivity contribution in [1.82, 2.24) is 5.32 Å². The molecule has 1 unspecified atom stereocenters. The molecule has 3 rings (SSSR count). The summed E-state index contributed by atoms with van der Waals surface area (Å²) in [5, 5.41) is 4.68. The van der Waals surface area contributed by atoms with Crippen molar-refractivity contribution in [3.05, 3.63) is 60.2 Å². The zero-order valence-corrected chi connectivity index (χ0v) is 10.9. The molecule has 1 atom stereocenters. The lowest BCUT2D eigenvalue weighted by molar-refractivity contribution is 0.456. The highest BCUT2D eigenvalue weighted by atomic mass is 16.3. The third kappa shape index (κ3) is 2.71. The van der Waals surface area contributed by atoms with Crippen LogP contribution in [-0.4, -0.2) is 6.04 Å². The molecule has 1 N–H and O–H groups in total. The van der Waals surface area contributed by atoms with Gasteiger partial charge in [0.1, 0.15) is 11.3 Å². The Hall–Kier alpha value is -2.00. The maximum absolute atomic E-state index is 5.53. The molecule has 0 saturated carbocycles. The molecular formula is C16H17NO2.